The number of aromatic nitrogens is 1. The van der Waals surface area contributed by atoms with Crippen molar-refractivity contribution in [1.29, 1.82) is 0 Å². The number of nitrogens with one attached hydrogen (secondary N) is 3. The Labute approximate surface area is 196 Å². The van der Waals surface area contributed by atoms with E-state index in [1.807, 2.05) is 6.92 Å². The molecular weight excluding hydrogens is 464 g/mol. The van der Waals surface area contributed by atoms with Crippen LogP contribution >= 0.6 is 11.3 Å². The van der Waals surface area contributed by atoms with Crippen LogP contribution in [0.1, 0.15) is 33.4 Å². The predicted molar refractivity (Wildman–Crippen MR) is 129 cm³/mol. The van der Waals surface area contributed by atoms with Gasteiger partial charge in [-0.2, -0.15) is 0 Å². The molecule has 0 spiro atoms. The summed E-state index contributed by atoms with van der Waals surface area (Å²) in [5.41, 5.74) is 2.77. The summed E-state index contributed by atoms with van der Waals surface area (Å²) in [6.45, 7) is 6.60. The molecule has 0 aliphatic heterocycles. The Morgan fingerprint density at radius 2 is 1.76 bits per heavy atom. The zero-order chi connectivity index (χ0) is 24.3. The van der Waals surface area contributed by atoms with Crippen molar-refractivity contribution in [3.63, 3.8) is 0 Å². The number of thiazole rings is 1. The van der Waals surface area contributed by atoms with Crippen LogP contribution in [0.15, 0.2) is 41.3 Å². The van der Waals surface area contributed by atoms with Gasteiger partial charge in [0.1, 0.15) is 10.6 Å². The van der Waals surface area contributed by atoms with Gasteiger partial charge in [0.15, 0.2) is 5.13 Å². The lowest BCUT2D eigenvalue weighted by Crippen LogP contribution is -2.14. The summed E-state index contributed by atoms with van der Waals surface area (Å²) in [7, 11) is -2.41. The molecule has 11 heteroatoms. The lowest BCUT2D eigenvalue weighted by atomic mass is 10.2. The highest BCUT2D eigenvalue weighted by molar-refractivity contribution is 7.93. The number of methoxy groups -OCH3 is 1. The number of aryl methyl sites for hydroxylation is 3. The largest absolute Gasteiger partial charge is 0.495 e. The van der Waals surface area contributed by atoms with Crippen molar-refractivity contribution >= 4 is 49.7 Å². The molecule has 0 unspecified atom stereocenters. The summed E-state index contributed by atoms with van der Waals surface area (Å²) in [4.78, 5) is 28.8. The van der Waals surface area contributed by atoms with Crippen LogP contribution < -0.4 is 20.1 Å². The van der Waals surface area contributed by atoms with Crippen LogP contribution in [0.2, 0.25) is 0 Å². The van der Waals surface area contributed by atoms with Crippen LogP contribution in [0.25, 0.3) is 0 Å². The second-order valence-electron chi connectivity index (χ2n) is 7.36. The summed E-state index contributed by atoms with van der Waals surface area (Å²) in [6.07, 6.45) is 0. The van der Waals surface area contributed by atoms with Gasteiger partial charge in [0.2, 0.25) is 5.91 Å². The lowest BCUT2D eigenvalue weighted by molar-refractivity contribution is -0.114. The van der Waals surface area contributed by atoms with Crippen LogP contribution in [0, 0.1) is 20.8 Å². The molecule has 3 N–H and O–H groups in total. The first kappa shape index (κ1) is 24.2. The Hall–Kier alpha value is -3.44. The quantitative estimate of drug-likeness (QED) is 0.460. The molecule has 0 bridgehead atoms. The number of amides is 2. The monoisotopic (exact) mass is 488 g/mol. The Morgan fingerprint density at radius 3 is 2.39 bits per heavy atom. The molecule has 0 saturated heterocycles. The van der Waals surface area contributed by atoms with Crippen molar-refractivity contribution < 1.29 is 22.7 Å². The van der Waals surface area contributed by atoms with E-state index < -0.39 is 15.9 Å². The molecule has 33 heavy (non-hydrogen) atoms. The molecule has 2 aromatic carbocycles. The Kier molecular flexibility index (Phi) is 7.04. The smallest absolute Gasteiger partial charge is 0.267 e. The van der Waals surface area contributed by atoms with E-state index in [1.165, 1.54) is 20.1 Å². The highest BCUT2D eigenvalue weighted by Crippen LogP contribution is 2.31. The number of anilines is 3. The topological polar surface area (TPSA) is 126 Å². The molecule has 1 aromatic heterocycles. The minimum Gasteiger partial charge on any atom is -0.495 e. The van der Waals surface area contributed by atoms with Gasteiger partial charge in [-0.15, -0.1) is 0 Å². The second-order valence-corrected chi connectivity index (χ2v) is 10.0. The summed E-state index contributed by atoms with van der Waals surface area (Å²) >= 11 is 0.922. The molecule has 0 atom stereocenters. The predicted octanol–water partition coefficient (Wildman–Crippen LogP) is 4.09. The number of hydrogen-bond donors (Lipinski definition) is 3. The maximum atomic E-state index is 12.9. The summed E-state index contributed by atoms with van der Waals surface area (Å²) in [5, 5.41) is 5.46. The van der Waals surface area contributed by atoms with Gasteiger partial charge < -0.3 is 15.4 Å². The van der Waals surface area contributed by atoms with Gasteiger partial charge in [-0.1, -0.05) is 29.0 Å². The van der Waals surface area contributed by atoms with Crippen molar-refractivity contribution in [1.82, 2.24) is 4.98 Å². The Bertz CT molecular complexity index is 1330. The first-order valence-corrected chi connectivity index (χ1v) is 12.1. The first-order chi connectivity index (χ1) is 15.5. The van der Waals surface area contributed by atoms with Gasteiger partial charge in [0.25, 0.3) is 15.9 Å². The lowest BCUT2D eigenvalue weighted by Gasteiger charge is -2.12. The third kappa shape index (κ3) is 5.68. The molecule has 2 amide bonds. The number of carbonyl (C=O) groups is 2. The van der Waals surface area contributed by atoms with E-state index in [2.05, 4.69) is 20.3 Å². The summed E-state index contributed by atoms with van der Waals surface area (Å²) in [5.74, 6) is -0.341. The standard InChI is InChI=1S/C22H24N4O5S2/c1-12-6-9-19(13(2)10-12)33(29,30)26-22-23-14(3)20(32-22)21(28)25-17-11-16(24-15(4)27)7-8-18(17)31-5/h6-11H,1-5H3,(H,23,26)(H,24,27)(H,25,28). The average Bonchev–Trinajstić information content (AvgIpc) is 3.06. The SMILES string of the molecule is COc1ccc(NC(C)=O)cc1NC(=O)c1sc(NS(=O)(=O)c2ccc(C)cc2C)nc1C. The zero-order valence-corrected chi connectivity index (χ0v) is 20.4. The van der Waals surface area contributed by atoms with Crippen LogP contribution in [0.5, 0.6) is 5.75 Å². The van der Waals surface area contributed by atoms with Gasteiger partial charge in [-0.05, 0) is 50.6 Å². The second kappa shape index (κ2) is 9.59. The van der Waals surface area contributed by atoms with E-state index in [0.717, 1.165) is 16.9 Å². The molecule has 0 saturated carbocycles. The number of rotatable bonds is 7. The van der Waals surface area contributed by atoms with Crippen molar-refractivity contribution in [2.24, 2.45) is 0 Å². The van der Waals surface area contributed by atoms with Gasteiger partial charge in [-0.25, -0.2) is 13.4 Å². The molecule has 0 aliphatic carbocycles. The highest BCUT2D eigenvalue weighted by Gasteiger charge is 2.22. The van der Waals surface area contributed by atoms with E-state index in [-0.39, 0.29) is 20.8 Å². The van der Waals surface area contributed by atoms with Crippen LogP contribution in [-0.4, -0.2) is 32.3 Å². The maximum absolute atomic E-state index is 12.9. The number of nitrogens with zero attached hydrogens (tertiary/aromatic N) is 1. The van der Waals surface area contributed by atoms with E-state index in [0.29, 0.717) is 28.4 Å². The molecular formula is C22H24N4O5S2. The van der Waals surface area contributed by atoms with E-state index in [1.54, 1.807) is 44.2 Å². The number of benzene rings is 2. The molecule has 1 heterocycles. The number of sulfonamides is 1. The molecule has 0 radical (unpaired) electrons. The molecule has 0 aliphatic rings. The van der Waals surface area contributed by atoms with Crippen LogP contribution in [0.4, 0.5) is 16.5 Å². The van der Waals surface area contributed by atoms with Crippen molar-refractivity contribution in [2.45, 2.75) is 32.6 Å². The molecule has 174 valence electrons. The number of ether oxygens (including phenoxy) is 1. The van der Waals surface area contributed by atoms with Crippen molar-refractivity contribution in [2.75, 3.05) is 22.5 Å². The van der Waals surface area contributed by atoms with Gasteiger partial charge >= 0.3 is 0 Å². The Morgan fingerprint density at radius 1 is 1.03 bits per heavy atom. The normalized spacial score (nSPS) is 11.1. The fourth-order valence-corrected chi connectivity index (χ4v) is 5.51. The maximum Gasteiger partial charge on any atom is 0.267 e. The zero-order valence-electron chi connectivity index (χ0n) is 18.8. The van der Waals surface area contributed by atoms with Gasteiger partial charge in [-0.3, -0.25) is 14.3 Å². The van der Waals surface area contributed by atoms with E-state index in [4.69, 9.17) is 4.74 Å². The van der Waals surface area contributed by atoms with Crippen LogP contribution in [0.3, 0.4) is 0 Å². The minimum atomic E-state index is -3.87. The third-order valence-corrected chi connectivity index (χ3v) is 7.31. The fraction of sp³-hybridized carbons (Fsp3) is 0.227. The first-order valence-electron chi connectivity index (χ1n) is 9.84. The van der Waals surface area contributed by atoms with Crippen molar-refractivity contribution in [3.05, 3.63) is 58.1 Å². The molecule has 3 rings (SSSR count). The van der Waals surface area contributed by atoms with Gasteiger partial charge in [0.05, 0.1) is 23.4 Å². The molecule has 0 fully saturated rings. The van der Waals surface area contributed by atoms with Crippen LogP contribution in [-0.2, 0) is 14.8 Å². The Balaban J connectivity index is 1.84. The molecule has 9 nitrogen and oxygen atoms in total. The summed E-state index contributed by atoms with van der Waals surface area (Å²) < 4.78 is 33.4. The molecule has 3 aromatic rings. The van der Waals surface area contributed by atoms with Crippen molar-refractivity contribution in [3.8, 4) is 5.75 Å². The fourth-order valence-electron chi connectivity index (χ4n) is 3.19. The summed E-state index contributed by atoms with van der Waals surface area (Å²) in [6, 6.07) is 9.87. The number of carbonyl (C=O) groups excluding carboxylic acids is 2. The minimum absolute atomic E-state index is 0.0802. The third-order valence-electron chi connectivity index (χ3n) is 4.61. The number of hydrogen-bond acceptors (Lipinski definition) is 7. The average molecular weight is 489 g/mol. The highest BCUT2D eigenvalue weighted by atomic mass is 32.2. The van der Waals surface area contributed by atoms with Gasteiger partial charge in [0, 0.05) is 12.6 Å². The van der Waals surface area contributed by atoms with E-state index >= 15 is 0 Å². The van der Waals surface area contributed by atoms with E-state index in [9.17, 15) is 18.0 Å².